The normalized spacial score (nSPS) is 13.8. The molecule has 16 heavy (non-hydrogen) atoms. The van der Waals surface area contributed by atoms with Crippen LogP contribution in [0.2, 0.25) is 0 Å². The molecule has 0 aromatic heterocycles. The number of benzene rings is 1. The molecule has 1 aromatic carbocycles. The molecular formula is C11H18ClNO3. The summed E-state index contributed by atoms with van der Waals surface area (Å²) in [6.07, 6.45) is -0.0219. The van der Waals surface area contributed by atoms with E-state index in [9.17, 15) is 10.2 Å². The number of aliphatic hydroxyl groups excluding tert-OH is 1. The van der Waals surface area contributed by atoms with Gasteiger partial charge in [-0.05, 0) is 24.1 Å². The van der Waals surface area contributed by atoms with E-state index in [2.05, 4.69) is 0 Å². The minimum absolute atomic E-state index is 0. The number of hydrogen-bond acceptors (Lipinski definition) is 4. The molecule has 0 saturated carbocycles. The minimum Gasteiger partial charge on any atom is -0.504 e. The van der Waals surface area contributed by atoms with Crippen molar-refractivity contribution in [1.29, 1.82) is 0 Å². The first-order valence-electron chi connectivity index (χ1n) is 4.90. The molecule has 0 radical (unpaired) electrons. The van der Waals surface area contributed by atoms with E-state index < -0.39 is 12.1 Å². The summed E-state index contributed by atoms with van der Waals surface area (Å²) in [5.41, 5.74) is 6.50. The predicted octanol–water partition coefficient (Wildman–Crippen LogP) is 1.59. The maximum Gasteiger partial charge on any atom is 0.160 e. The summed E-state index contributed by atoms with van der Waals surface area (Å²) in [6.45, 7) is 1.86. The number of phenolic OH excluding ortho intramolecular Hbond substituents is 1. The number of methoxy groups -OCH3 is 1. The highest BCUT2D eigenvalue weighted by Gasteiger charge is 2.16. The van der Waals surface area contributed by atoms with E-state index in [0.29, 0.717) is 17.7 Å². The van der Waals surface area contributed by atoms with Gasteiger partial charge in [0.2, 0.25) is 0 Å². The predicted molar refractivity (Wildman–Crippen MR) is 65.1 cm³/mol. The summed E-state index contributed by atoms with van der Waals surface area (Å²) in [5, 5.41) is 19.1. The fourth-order valence-corrected chi connectivity index (χ4v) is 1.39. The average molecular weight is 248 g/mol. The second-order valence-electron chi connectivity index (χ2n) is 3.43. The molecule has 4 nitrogen and oxygen atoms in total. The van der Waals surface area contributed by atoms with E-state index in [-0.39, 0.29) is 18.2 Å². The SMILES string of the molecule is CC[C@H](O)[C@H](N)c1ccc(OC)c(O)c1.Cl. The average Bonchev–Trinajstić information content (AvgIpc) is 2.26. The lowest BCUT2D eigenvalue weighted by Crippen LogP contribution is -2.25. The second kappa shape index (κ2) is 6.58. The van der Waals surface area contributed by atoms with Crippen LogP contribution < -0.4 is 10.5 Å². The highest BCUT2D eigenvalue weighted by atomic mass is 35.5. The van der Waals surface area contributed by atoms with E-state index in [0.717, 1.165) is 0 Å². The quantitative estimate of drug-likeness (QED) is 0.755. The molecule has 1 aromatic rings. The van der Waals surface area contributed by atoms with Gasteiger partial charge < -0.3 is 20.7 Å². The third-order valence-corrected chi connectivity index (χ3v) is 2.42. The zero-order valence-corrected chi connectivity index (χ0v) is 10.2. The fraction of sp³-hybridized carbons (Fsp3) is 0.455. The Kier molecular flexibility index (Phi) is 6.18. The highest BCUT2D eigenvalue weighted by Crippen LogP contribution is 2.29. The van der Waals surface area contributed by atoms with Gasteiger partial charge in [0.15, 0.2) is 11.5 Å². The van der Waals surface area contributed by atoms with Crippen molar-refractivity contribution in [3.8, 4) is 11.5 Å². The Morgan fingerprint density at radius 3 is 2.50 bits per heavy atom. The molecule has 0 aliphatic carbocycles. The minimum atomic E-state index is -0.599. The van der Waals surface area contributed by atoms with Gasteiger partial charge in [0.25, 0.3) is 0 Å². The Balaban J connectivity index is 0.00000225. The van der Waals surface area contributed by atoms with E-state index >= 15 is 0 Å². The Labute approximate surface area is 101 Å². The summed E-state index contributed by atoms with van der Waals surface area (Å²) in [6, 6.07) is 4.41. The Morgan fingerprint density at radius 2 is 2.06 bits per heavy atom. The number of nitrogens with two attached hydrogens (primary N) is 1. The molecule has 0 fully saturated rings. The third-order valence-electron chi connectivity index (χ3n) is 2.42. The number of aliphatic hydroxyl groups is 1. The molecule has 2 atom stereocenters. The van der Waals surface area contributed by atoms with Crippen molar-refractivity contribution in [3.63, 3.8) is 0 Å². The molecule has 0 heterocycles. The monoisotopic (exact) mass is 247 g/mol. The van der Waals surface area contributed by atoms with Crippen LogP contribution >= 0.6 is 12.4 Å². The second-order valence-corrected chi connectivity index (χ2v) is 3.43. The topological polar surface area (TPSA) is 75.7 Å². The largest absolute Gasteiger partial charge is 0.504 e. The van der Waals surface area contributed by atoms with Crippen LogP contribution in [-0.4, -0.2) is 23.4 Å². The number of aromatic hydroxyl groups is 1. The van der Waals surface area contributed by atoms with Gasteiger partial charge >= 0.3 is 0 Å². The number of halogens is 1. The lowest BCUT2D eigenvalue weighted by Gasteiger charge is -2.18. The van der Waals surface area contributed by atoms with Gasteiger partial charge in [-0.2, -0.15) is 0 Å². The molecule has 4 N–H and O–H groups in total. The van der Waals surface area contributed by atoms with Crippen molar-refractivity contribution in [3.05, 3.63) is 23.8 Å². The van der Waals surface area contributed by atoms with E-state index in [1.807, 2.05) is 6.92 Å². The summed E-state index contributed by atoms with van der Waals surface area (Å²) < 4.78 is 4.91. The van der Waals surface area contributed by atoms with Crippen molar-refractivity contribution in [2.45, 2.75) is 25.5 Å². The Bertz CT molecular complexity index is 333. The molecule has 5 heteroatoms. The number of hydrogen-bond donors (Lipinski definition) is 3. The zero-order chi connectivity index (χ0) is 11.4. The van der Waals surface area contributed by atoms with E-state index in [4.69, 9.17) is 10.5 Å². The zero-order valence-electron chi connectivity index (χ0n) is 9.38. The Morgan fingerprint density at radius 1 is 1.44 bits per heavy atom. The standard InChI is InChI=1S/C11H17NO3.ClH/c1-3-8(13)11(12)7-4-5-10(15-2)9(14)6-7;/h4-6,8,11,13-14H,3,12H2,1-2H3;1H/t8-,11+;/m0./s1. The molecule has 0 spiro atoms. The van der Waals surface area contributed by atoms with Crippen molar-refractivity contribution in [1.82, 2.24) is 0 Å². The summed E-state index contributed by atoms with van der Waals surface area (Å²) in [5.74, 6) is 0.436. The van der Waals surface area contributed by atoms with Crippen LogP contribution in [0.4, 0.5) is 0 Å². The first-order chi connectivity index (χ1) is 7.10. The van der Waals surface area contributed by atoms with Crippen LogP contribution in [0.1, 0.15) is 24.9 Å². The number of ether oxygens (including phenoxy) is 1. The highest BCUT2D eigenvalue weighted by molar-refractivity contribution is 5.85. The maximum absolute atomic E-state index is 9.56. The van der Waals surface area contributed by atoms with Crippen molar-refractivity contribution >= 4 is 12.4 Å². The van der Waals surface area contributed by atoms with Crippen LogP contribution in [0, 0.1) is 0 Å². The van der Waals surface area contributed by atoms with Gasteiger partial charge in [-0.1, -0.05) is 13.0 Å². The molecule has 0 saturated heterocycles. The molecule has 92 valence electrons. The number of rotatable bonds is 4. The summed E-state index contributed by atoms with van der Waals surface area (Å²) >= 11 is 0. The van der Waals surface area contributed by atoms with E-state index in [1.54, 1.807) is 12.1 Å². The summed E-state index contributed by atoms with van der Waals surface area (Å²) in [7, 11) is 1.48. The van der Waals surface area contributed by atoms with Gasteiger partial charge in [-0.15, -0.1) is 12.4 Å². The molecule has 0 bridgehead atoms. The Hall–Kier alpha value is -0.970. The summed E-state index contributed by atoms with van der Waals surface area (Å²) in [4.78, 5) is 0. The van der Waals surface area contributed by atoms with E-state index in [1.165, 1.54) is 13.2 Å². The molecular weight excluding hydrogens is 230 g/mol. The van der Waals surface area contributed by atoms with Crippen LogP contribution in [-0.2, 0) is 0 Å². The third kappa shape index (κ3) is 3.27. The van der Waals surface area contributed by atoms with Gasteiger partial charge in [0.1, 0.15) is 0 Å². The van der Waals surface area contributed by atoms with Gasteiger partial charge in [-0.3, -0.25) is 0 Å². The van der Waals surface area contributed by atoms with Crippen LogP contribution in [0.15, 0.2) is 18.2 Å². The molecule has 0 aliphatic heterocycles. The van der Waals surface area contributed by atoms with Crippen molar-refractivity contribution in [2.24, 2.45) is 5.73 Å². The van der Waals surface area contributed by atoms with Crippen LogP contribution in [0.25, 0.3) is 0 Å². The first kappa shape index (κ1) is 15.0. The molecule has 1 rings (SSSR count). The first-order valence-corrected chi connectivity index (χ1v) is 4.90. The fourth-order valence-electron chi connectivity index (χ4n) is 1.39. The lowest BCUT2D eigenvalue weighted by molar-refractivity contribution is 0.140. The van der Waals surface area contributed by atoms with Crippen molar-refractivity contribution in [2.75, 3.05) is 7.11 Å². The van der Waals surface area contributed by atoms with Gasteiger partial charge in [0, 0.05) is 0 Å². The van der Waals surface area contributed by atoms with Crippen LogP contribution in [0.5, 0.6) is 11.5 Å². The van der Waals surface area contributed by atoms with Gasteiger partial charge in [-0.25, -0.2) is 0 Å². The van der Waals surface area contributed by atoms with Gasteiger partial charge in [0.05, 0.1) is 19.3 Å². The maximum atomic E-state index is 9.56. The lowest BCUT2D eigenvalue weighted by atomic mass is 10.0. The van der Waals surface area contributed by atoms with Crippen LogP contribution in [0.3, 0.4) is 0 Å². The molecule has 0 unspecified atom stereocenters. The smallest absolute Gasteiger partial charge is 0.160 e. The number of phenols is 1. The molecule has 0 amide bonds. The molecule has 0 aliphatic rings. The van der Waals surface area contributed by atoms with Crippen molar-refractivity contribution < 1.29 is 14.9 Å².